The minimum absolute atomic E-state index is 0.0525. The Bertz CT molecular complexity index is 1040. The molecular weight excluding hydrogens is 427 g/mol. The first-order valence-corrected chi connectivity index (χ1v) is 10.9. The van der Waals surface area contributed by atoms with Crippen molar-refractivity contribution in [2.24, 2.45) is 5.92 Å². The summed E-state index contributed by atoms with van der Waals surface area (Å²) in [6.45, 7) is 1.52. The molecule has 1 fully saturated rings. The molecule has 10 heteroatoms. The summed E-state index contributed by atoms with van der Waals surface area (Å²) in [5.74, 6) is 0.722. The quantitative estimate of drug-likeness (QED) is 0.454. The number of aromatic nitrogens is 4. The van der Waals surface area contributed by atoms with Crippen LogP contribution in [0.25, 0.3) is 5.69 Å². The number of benzene rings is 1. The summed E-state index contributed by atoms with van der Waals surface area (Å²) >= 11 is 0. The standard InChI is InChI=1S/C23H27FN6O3/c1-32-14-13-25-21-10-9-20(30-26-11-12-27-30)22(29-21)23(31)28-19-4-2-3-16(19)15-33-18-7-5-17(24)6-8-18/h5-12,16,19H,2-4,13-15H2,1H3,(H,25,29)(H,28,31)/t16-,19+/m1/s1. The average Bonchev–Trinajstić information content (AvgIpc) is 3.51. The second-order valence-electron chi connectivity index (χ2n) is 7.84. The van der Waals surface area contributed by atoms with Crippen LogP contribution in [-0.2, 0) is 4.74 Å². The van der Waals surface area contributed by atoms with Crippen LogP contribution in [0.4, 0.5) is 10.2 Å². The van der Waals surface area contributed by atoms with Crippen molar-refractivity contribution < 1.29 is 18.7 Å². The van der Waals surface area contributed by atoms with Crippen molar-refractivity contribution in [2.45, 2.75) is 25.3 Å². The lowest BCUT2D eigenvalue weighted by Crippen LogP contribution is -2.40. The highest BCUT2D eigenvalue weighted by Crippen LogP contribution is 2.27. The van der Waals surface area contributed by atoms with Gasteiger partial charge < -0.3 is 20.1 Å². The molecule has 2 aromatic heterocycles. The van der Waals surface area contributed by atoms with Crippen LogP contribution in [-0.4, -0.2) is 58.8 Å². The Morgan fingerprint density at radius 1 is 1.15 bits per heavy atom. The van der Waals surface area contributed by atoms with E-state index in [-0.39, 0.29) is 29.4 Å². The third-order valence-electron chi connectivity index (χ3n) is 5.59. The fourth-order valence-corrected chi connectivity index (χ4v) is 3.90. The van der Waals surface area contributed by atoms with Crippen LogP contribution >= 0.6 is 0 Å². The molecule has 0 aliphatic heterocycles. The van der Waals surface area contributed by atoms with Gasteiger partial charge in [-0.3, -0.25) is 4.79 Å². The van der Waals surface area contributed by atoms with Gasteiger partial charge in [0, 0.05) is 25.6 Å². The highest BCUT2D eigenvalue weighted by molar-refractivity contribution is 5.96. The highest BCUT2D eigenvalue weighted by Gasteiger charge is 2.30. The Hall–Kier alpha value is -3.53. The summed E-state index contributed by atoms with van der Waals surface area (Å²) in [6, 6.07) is 9.44. The number of amides is 1. The Kier molecular flexibility index (Phi) is 7.46. The van der Waals surface area contributed by atoms with Crippen LogP contribution in [0.3, 0.4) is 0 Å². The van der Waals surface area contributed by atoms with Crippen LogP contribution in [0.1, 0.15) is 29.8 Å². The molecule has 1 saturated carbocycles. The monoisotopic (exact) mass is 454 g/mol. The molecule has 0 radical (unpaired) electrons. The zero-order valence-corrected chi connectivity index (χ0v) is 18.4. The zero-order valence-electron chi connectivity index (χ0n) is 18.4. The van der Waals surface area contributed by atoms with Crippen molar-refractivity contribution in [1.29, 1.82) is 0 Å². The van der Waals surface area contributed by atoms with Gasteiger partial charge in [0.2, 0.25) is 0 Å². The molecule has 3 aromatic rings. The van der Waals surface area contributed by atoms with E-state index in [4.69, 9.17) is 9.47 Å². The van der Waals surface area contributed by atoms with Crippen molar-refractivity contribution in [3.63, 3.8) is 0 Å². The van der Waals surface area contributed by atoms with Gasteiger partial charge in [-0.25, -0.2) is 9.37 Å². The summed E-state index contributed by atoms with van der Waals surface area (Å²) in [7, 11) is 1.62. The molecule has 2 atom stereocenters. The van der Waals surface area contributed by atoms with Crippen molar-refractivity contribution >= 4 is 11.7 Å². The molecule has 0 saturated heterocycles. The fourth-order valence-electron chi connectivity index (χ4n) is 3.90. The minimum Gasteiger partial charge on any atom is -0.493 e. The van der Waals surface area contributed by atoms with E-state index in [1.54, 1.807) is 43.8 Å². The third-order valence-corrected chi connectivity index (χ3v) is 5.59. The van der Waals surface area contributed by atoms with Gasteiger partial charge in [-0.15, -0.1) is 4.80 Å². The summed E-state index contributed by atoms with van der Waals surface area (Å²) in [6.07, 6.45) is 5.87. The lowest BCUT2D eigenvalue weighted by atomic mass is 10.0. The Labute approximate surface area is 191 Å². The van der Waals surface area contributed by atoms with Crippen LogP contribution < -0.4 is 15.4 Å². The maximum Gasteiger partial charge on any atom is 0.272 e. The van der Waals surface area contributed by atoms with Gasteiger partial charge in [-0.1, -0.05) is 6.42 Å². The molecule has 1 aliphatic carbocycles. The summed E-state index contributed by atoms with van der Waals surface area (Å²) in [5, 5.41) is 14.6. The van der Waals surface area contributed by atoms with Gasteiger partial charge in [0.15, 0.2) is 5.69 Å². The molecule has 0 bridgehead atoms. The van der Waals surface area contributed by atoms with E-state index in [1.165, 1.54) is 16.9 Å². The number of methoxy groups -OCH3 is 1. The number of pyridine rings is 1. The molecule has 4 rings (SSSR count). The van der Waals surface area contributed by atoms with Crippen LogP contribution in [0, 0.1) is 11.7 Å². The number of anilines is 1. The second-order valence-corrected chi connectivity index (χ2v) is 7.84. The SMILES string of the molecule is COCCNc1ccc(-n2nccn2)c(C(=O)N[C@H]2CCC[C@@H]2COc2ccc(F)cc2)n1. The maximum atomic E-state index is 13.3. The van der Waals surface area contributed by atoms with Gasteiger partial charge >= 0.3 is 0 Å². The highest BCUT2D eigenvalue weighted by atomic mass is 19.1. The molecular formula is C23H27FN6O3. The van der Waals surface area contributed by atoms with Gasteiger partial charge in [0.1, 0.15) is 23.1 Å². The first-order valence-electron chi connectivity index (χ1n) is 10.9. The van der Waals surface area contributed by atoms with E-state index < -0.39 is 0 Å². The zero-order chi connectivity index (χ0) is 23.0. The predicted octanol–water partition coefficient (Wildman–Crippen LogP) is 2.84. The lowest BCUT2D eigenvalue weighted by molar-refractivity contribution is 0.0913. The summed E-state index contributed by atoms with van der Waals surface area (Å²) in [4.78, 5) is 19.2. The molecule has 174 valence electrons. The molecule has 0 spiro atoms. The number of nitrogens with zero attached hydrogens (tertiary/aromatic N) is 4. The number of nitrogens with one attached hydrogen (secondary N) is 2. The second kappa shape index (κ2) is 10.9. The molecule has 33 heavy (non-hydrogen) atoms. The first kappa shape index (κ1) is 22.7. The van der Waals surface area contributed by atoms with E-state index in [0.717, 1.165) is 19.3 Å². The van der Waals surface area contributed by atoms with Crippen LogP contribution in [0.5, 0.6) is 5.75 Å². The topological polar surface area (TPSA) is 103 Å². The number of halogens is 1. The fraction of sp³-hybridized carbons (Fsp3) is 0.391. The molecule has 2 N–H and O–H groups in total. The summed E-state index contributed by atoms with van der Waals surface area (Å²) in [5.41, 5.74) is 0.727. The van der Waals surface area contributed by atoms with Crippen molar-refractivity contribution in [3.8, 4) is 11.4 Å². The number of ether oxygens (including phenoxy) is 2. The molecule has 1 aliphatic rings. The van der Waals surface area contributed by atoms with E-state index >= 15 is 0 Å². The Morgan fingerprint density at radius 2 is 1.94 bits per heavy atom. The van der Waals surface area contributed by atoms with E-state index in [9.17, 15) is 9.18 Å². The number of carbonyl (C=O) groups is 1. The smallest absolute Gasteiger partial charge is 0.272 e. The number of hydrogen-bond acceptors (Lipinski definition) is 7. The van der Waals surface area contributed by atoms with E-state index in [1.807, 2.05) is 0 Å². The van der Waals surface area contributed by atoms with E-state index in [0.29, 0.717) is 37.0 Å². The predicted molar refractivity (Wildman–Crippen MR) is 120 cm³/mol. The number of carbonyl (C=O) groups excluding carboxylic acids is 1. The first-order chi connectivity index (χ1) is 16.1. The lowest BCUT2D eigenvalue weighted by Gasteiger charge is -2.22. The summed E-state index contributed by atoms with van der Waals surface area (Å²) < 4.78 is 24.0. The van der Waals surface area contributed by atoms with Crippen molar-refractivity contribution in [2.75, 3.05) is 32.2 Å². The average molecular weight is 455 g/mol. The number of hydrogen-bond donors (Lipinski definition) is 2. The van der Waals surface area contributed by atoms with Crippen molar-refractivity contribution in [3.05, 3.63) is 60.3 Å². The molecule has 1 amide bonds. The largest absolute Gasteiger partial charge is 0.493 e. The van der Waals surface area contributed by atoms with E-state index in [2.05, 4.69) is 25.8 Å². The Morgan fingerprint density at radius 3 is 2.70 bits per heavy atom. The molecule has 1 aromatic carbocycles. The van der Waals surface area contributed by atoms with Crippen LogP contribution in [0.15, 0.2) is 48.8 Å². The molecule has 2 heterocycles. The van der Waals surface area contributed by atoms with Gasteiger partial charge in [0.05, 0.1) is 25.6 Å². The van der Waals surface area contributed by atoms with Crippen LogP contribution in [0.2, 0.25) is 0 Å². The minimum atomic E-state index is -0.303. The number of rotatable bonds is 10. The maximum absolute atomic E-state index is 13.3. The molecule has 9 nitrogen and oxygen atoms in total. The normalized spacial score (nSPS) is 17.6. The van der Waals surface area contributed by atoms with Gasteiger partial charge in [0.25, 0.3) is 5.91 Å². The molecule has 0 unspecified atom stereocenters. The Balaban J connectivity index is 1.46. The van der Waals surface area contributed by atoms with Gasteiger partial charge in [-0.05, 0) is 49.2 Å². The van der Waals surface area contributed by atoms with Crippen molar-refractivity contribution in [1.82, 2.24) is 25.3 Å². The third kappa shape index (κ3) is 5.83. The van der Waals surface area contributed by atoms with Gasteiger partial charge in [-0.2, -0.15) is 10.2 Å².